The fourth-order valence-electron chi connectivity index (χ4n) is 2.66. The third kappa shape index (κ3) is 5.00. The molecular weight excluding hydrogens is 345 g/mol. The molecule has 0 aromatic carbocycles. The van der Waals surface area contributed by atoms with E-state index in [-0.39, 0.29) is 18.1 Å². The Kier molecular flexibility index (Phi) is 5.67. The molecule has 3 heterocycles. The van der Waals surface area contributed by atoms with E-state index in [1.54, 1.807) is 6.20 Å². The number of halogens is 1. The Morgan fingerprint density at radius 1 is 1.40 bits per heavy atom. The molecule has 0 unspecified atom stereocenters. The number of carbonyl (C=O) groups excluding carboxylic acids is 1. The van der Waals surface area contributed by atoms with Gasteiger partial charge in [-0.05, 0) is 6.92 Å². The van der Waals surface area contributed by atoms with E-state index in [9.17, 15) is 9.18 Å². The minimum Gasteiger partial charge on any atom is -0.375 e. The molecule has 9 heteroatoms. The molecule has 134 valence electrons. The van der Waals surface area contributed by atoms with Crippen LogP contribution in [0.3, 0.4) is 0 Å². The SMILES string of the molecule is CC(=O)Nc1ncc(CN2C[C@H](Cc3ncc(F)cn3)OC[C@H]2C)s1. The Morgan fingerprint density at radius 3 is 2.88 bits per heavy atom. The van der Waals surface area contributed by atoms with Crippen molar-refractivity contribution in [3.05, 3.63) is 35.1 Å². The highest BCUT2D eigenvalue weighted by molar-refractivity contribution is 7.15. The summed E-state index contributed by atoms with van der Waals surface area (Å²) in [5, 5.41) is 3.31. The molecule has 1 N–H and O–H groups in total. The van der Waals surface area contributed by atoms with E-state index in [0.717, 1.165) is 18.0 Å². The zero-order valence-corrected chi connectivity index (χ0v) is 14.9. The van der Waals surface area contributed by atoms with Crippen LogP contribution in [0.2, 0.25) is 0 Å². The molecule has 1 aliphatic rings. The van der Waals surface area contributed by atoms with Crippen molar-refractivity contribution in [1.29, 1.82) is 0 Å². The lowest BCUT2D eigenvalue weighted by Gasteiger charge is -2.37. The van der Waals surface area contributed by atoms with Crippen LogP contribution < -0.4 is 5.32 Å². The van der Waals surface area contributed by atoms with E-state index in [1.807, 2.05) is 0 Å². The van der Waals surface area contributed by atoms with E-state index >= 15 is 0 Å². The summed E-state index contributed by atoms with van der Waals surface area (Å²) in [6, 6.07) is 0.275. The Labute approximate surface area is 149 Å². The number of rotatable bonds is 5. The van der Waals surface area contributed by atoms with Gasteiger partial charge in [0.1, 0.15) is 5.82 Å². The van der Waals surface area contributed by atoms with E-state index in [4.69, 9.17) is 4.74 Å². The Balaban J connectivity index is 1.59. The zero-order chi connectivity index (χ0) is 17.8. The largest absolute Gasteiger partial charge is 0.375 e. The van der Waals surface area contributed by atoms with Crippen molar-refractivity contribution in [2.75, 3.05) is 18.5 Å². The van der Waals surface area contributed by atoms with Crippen LogP contribution in [0.5, 0.6) is 0 Å². The lowest BCUT2D eigenvalue weighted by atomic mass is 10.1. The van der Waals surface area contributed by atoms with Crippen molar-refractivity contribution in [2.45, 2.75) is 39.0 Å². The quantitative estimate of drug-likeness (QED) is 0.871. The molecule has 2 atom stereocenters. The molecule has 1 amide bonds. The van der Waals surface area contributed by atoms with Crippen molar-refractivity contribution in [3.63, 3.8) is 0 Å². The number of aromatic nitrogens is 3. The molecular formula is C16H20FN5O2S. The number of nitrogens with one attached hydrogen (secondary N) is 1. The topological polar surface area (TPSA) is 80.2 Å². The first-order valence-corrected chi connectivity index (χ1v) is 8.85. The van der Waals surface area contributed by atoms with Gasteiger partial charge in [0, 0.05) is 43.5 Å². The number of carbonyl (C=O) groups is 1. The first-order chi connectivity index (χ1) is 12.0. The number of nitrogens with zero attached hydrogens (tertiary/aromatic N) is 4. The fourth-order valence-corrected chi connectivity index (χ4v) is 3.54. The number of hydrogen-bond acceptors (Lipinski definition) is 7. The molecule has 0 bridgehead atoms. The summed E-state index contributed by atoms with van der Waals surface area (Å²) in [6.45, 7) is 5.66. The summed E-state index contributed by atoms with van der Waals surface area (Å²) in [5.41, 5.74) is 0. The summed E-state index contributed by atoms with van der Waals surface area (Å²) in [5.74, 6) is 0.00960. The standard InChI is InChI=1S/C16H20FN5O2S/c1-10-9-24-13(3-15-18-4-12(17)5-19-15)7-22(10)8-14-6-20-16(25-14)21-11(2)23/h4-6,10,13H,3,7-9H2,1-2H3,(H,20,21,23)/t10-,13+/m1/s1. The summed E-state index contributed by atoms with van der Waals surface area (Å²) >= 11 is 1.47. The molecule has 0 radical (unpaired) electrons. The molecule has 1 saturated heterocycles. The number of morpholine rings is 1. The van der Waals surface area contributed by atoms with E-state index in [0.29, 0.717) is 24.0 Å². The molecule has 25 heavy (non-hydrogen) atoms. The van der Waals surface area contributed by atoms with E-state index in [1.165, 1.54) is 30.7 Å². The van der Waals surface area contributed by atoms with Gasteiger partial charge in [-0.1, -0.05) is 0 Å². The summed E-state index contributed by atoms with van der Waals surface area (Å²) in [4.78, 5) is 26.7. The first kappa shape index (κ1) is 17.8. The number of anilines is 1. The third-order valence-corrected chi connectivity index (χ3v) is 4.81. The van der Waals surface area contributed by atoms with Crippen LogP contribution in [0.15, 0.2) is 18.6 Å². The molecule has 3 rings (SSSR count). The van der Waals surface area contributed by atoms with Gasteiger partial charge in [0.2, 0.25) is 5.91 Å². The fraction of sp³-hybridized carbons (Fsp3) is 0.500. The van der Waals surface area contributed by atoms with Gasteiger partial charge in [0.15, 0.2) is 10.9 Å². The molecule has 2 aromatic rings. The van der Waals surface area contributed by atoms with Gasteiger partial charge >= 0.3 is 0 Å². The van der Waals surface area contributed by atoms with Gasteiger partial charge in [0.25, 0.3) is 0 Å². The van der Waals surface area contributed by atoms with Crippen LogP contribution in [0, 0.1) is 5.82 Å². The molecule has 0 aliphatic carbocycles. The minimum atomic E-state index is -0.441. The van der Waals surface area contributed by atoms with Gasteiger partial charge in [-0.15, -0.1) is 11.3 Å². The molecule has 2 aromatic heterocycles. The maximum Gasteiger partial charge on any atom is 0.223 e. The Hall–Kier alpha value is -1.97. The van der Waals surface area contributed by atoms with Crippen LogP contribution in [0.1, 0.15) is 24.5 Å². The normalized spacial score (nSPS) is 21.2. The van der Waals surface area contributed by atoms with Crippen LogP contribution >= 0.6 is 11.3 Å². The van der Waals surface area contributed by atoms with Crippen LogP contribution in [0.4, 0.5) is 9.52 Å². The number of hydrogen-bond donors (Lipinski definition) is 1. The highest BCUT2D eigenvalue weighted by Crippen LogP contribution is 2.23. The molecule has 1 aliphatic heterocycles. The van der Waals surface area contributed by atoms with Gasteiger partial charge in [-0.2, -0.15) is 0 Å². The number of amides is 1. The second-order valence-electron chi connectivity index (χ2n) is 6.07. The molecule has 7 nitrogen and oxygen atoms in total. The van der Waals surface area contributed by atoms with Crippen molar-refractivity contribution in [1.82, 2.24) is 19.9 Å². The summed E-state index contributed by atoms with van der Waals surface area (Å²) in [7, 11) is 0. The van der Waals surface area contributed by atoms with Crippen LogP contribution in [-0.4, -0.2) is 51.1 Å². The Bertz CT molecular complexity index is 724. The summed E-state index contributed by atoms with van der Waals surface area (Å²) in [6.07, 6.45) is 4.64. The van der Waals surface area contributed by atoms with Crippen LogP contribution in [0.25, 0.3) is 0 Å². The van der Waals surface area contributed by atoms with Gasteiger partial charge in [0.05, 0.1) is 25.1 Å². The van der Waals surface area contributed by atoms with E-state index < -0.39 is 5.82 Å². The van der Waals surface area contributed by atoms with Gasteiger partial charge in [-0.3, -0.25) is 9.69 Å². The second kappa shape index (κ2) is 7.94. The maximum atomic E-state index is 12.9. The predicted octanol–water partition coefficient (Wildman–Crippen LogP) is 1.86. The Morgan fingerprint density at radius 2 is 2.16 bits per heavy atom. The molecule has 0 spiro atoms. The van der Waals surface area contributed by atoms with Crippen molar-refractivity contribution < 1.29 is 13.9 Å². The smallest absolute Gasteiger partial charge is 0.223 e. The molecule has 0 saturated carbocycles. The highest BCUT2D eigenvalue weighted by atomic mass is 32.1. The lowest BCUT2D eigenvalue weighted by Crippen LogP contribution is -2.48. The lowest BCUT2D eigenvalue weighted by molar-refractivity contribution is -0.114. The second-order valence-corrected chi connectivity index (χ2v) is 7.18. The first-order valence-electron chi connectivity index (χ1n) is 8.04. The number of thiazole rings is 1. The maximum absolute atomic E-state index is 12.9. The average molecular weight is 365 g/mol. The number of ether oxygens (including phenoxy) is 1. The molecule has 1 fully saturated rings. The van der Waals surface area contributed by atoms with Crippen molar-refractivity contribution in [3.8, 4) is 0 Å². The average Bonchev–Trinajstić information content (AvgIpc) is 2.99. The predicted molar refractivity (Wildman–Crippen MR) is 91.7 cm³/mol. The van der Waals surface area contributed by atoms with Gasteiger partial charge < -0.3 is 10.1 Å². The van der Waals surface area contributed by atoms with Crippen LogP contribution in [-0.2, 0) is 22.5 Å². The van der Waals surface area contributed by atoms with Crippen molar-refractivity contribution >= 4 is 22.4 Å². The van der Waals surface area contributed by atoms with Crippen molar-refractivity contribution in [2.24, 2.45) is 0 Å². The van der Waals surface area contributed by atoms with E-state index in [2.05, 4.69) is 32.1 Å². The third-order valence-electron chi connectivity index (χ3n) is 3.91. The highest BCUT2D eigenvalue weighted by Gasteiger charge is 2.27. The zero-order valence-electron chi connectivity index (χ0n) is 14.1. The van der Waals surface area contributed by atoms with Gasteiger partial charge in [-0.25, -0.2) is 19.3 Å². The monoisotopic (exact) mass is 365 g/mol. The summed E-state index contributed by atoms with van der Waals surface area (Å²) < 4.78 is 18.8. The minimum absolute atomic E-state index is 0.0376.